The molecule has 2 nitrogen and oxygen atoms in total. The summed E-state index contributed by atoms with van der Waals surface area (Å²) in [7, 11) is 0. The van der Waals surface area contributed by atoms with Crippen molar-refractivity contribution in [3.05, 3.63) is 0 Å². The summed E-state index contributed by atoms with van der Waals surface area (Å²) in [5.74, 6) is 0. The summed E-state index contributed by atoms with van der Waals surface area (Å²) in [6.45, 7) is -0.708. The van der Waals surface area contributed by atoms with Crippen LogP contribution in [0.1, 0.15) is 2.74 Å². The fourth-order valence-corrected chi connectivity index (χ4v) is 0.311. The van der Waals surface area contributed by atoms with Crippen LogP contribution in [0.4, 0.5) is 0 Å². The normalized spacial score (nSPS) is 53.3. The average Bonchev–Trinajstić information content (AvgIpc) is 1.77. The standard InChI is InChI=1S/C4H8O2/c1-2-6-4-3-5-1/h1-4H2/i1D,2D. The van der Waals surface area contributed by atoms with Gasteiger partial charge in [-0.15, -0.1) is 0 Å². The first kappa shape index (κ1) is 2.28. The molecule has 1 aliphatic heterocycles. The van der Waals surface area contributed by atoms with E-state index in [0.29, 0.717) is 13.2 Å². The van der Waals surface area contributed by atoms with Gasteiger partial charge in [0.25, 0.3) is 0 Å². The molecule has 36 valence electrons. The second-order valence-corrected chi connectivity index (χ2v) is 1.01. The predicted molar refractivity (Wildman–Crippen MR) is 21.6 cm³/mol. The molecule has 0 spiro atoms. The molecule has 0 aromatic heterocycles. The molecule has 1 fully saturated rings. The molecule has 1 rings (SSSR count). The summed E-state index contributed by atoms with van der Waals surface area (Å²) in [5, 5.41) is 0. The van der Waals surface area contributed by atoms with Gasteiger partial charge in [-0.1, -0.05) is 0 Å². The van der Waals surface area contributed by atoms with E-state index in [1.54, 1.807) is 0 Å². The van der Waals surface area contributed by atoms with Gasteiger partial charge in [0.2, 0.25) is 0 Å². The SMILES string of the molecule is [2H]C1OCCOC1[2H]. The molecule has 0 saturated carbocycles. The van der Waals surface area contributed by atoms with E-state index in [4.69, 9.17) is 12.2 Å². The van der Waals surface area contributed by atoms with E-state index in [9.17, 15) is 0 Å². The third kappa shape index (κ3) is 0.954. The molecule has 2 atom stereocenters. The van der Waals surface area contributed by atoms with Crippen molar-refractivity contribution >= 4 is 0 Å². The smallest absolute Gasteiger partial charge is 0.0701 e. The Hall–Kier alpha value is -0.0800. The third-order valence-electron chi connectivity index (χ3n) is 0.567. The topological polar surface area (TPSA) is 18.5 Å². The molecule has 1 saturated heterocycles. The third-order valence-corrected chi connectivity index (χ3v) is 0.567. The number of ether oxygens (including phenoxy) is 2. The van der Waals surface area contributed by atoms with Gasteiger partial charge in [0.15, 0.2) is 0 Å². The zero-order valence-electron chi connectivity index (χ0n) is 5.39. The minimum atomic E-state index is -0.802. The van der Waals surface area contributed by atoms with Gasteiger partial charge in [-0.25, -0.2) is 0 Å². The van der Waals surface area contributed by atoms with Gasteiger partial charge in [-0.3, -0.25) is 0 Å². The summed E-state index contributed by atoms with van der Waals surface area (Å²) < 4.78 is 23.4. The maximum atomic E-state index is 6.94. The zero-order valence-corrected chi connectivity index (χ0v) is 3.39. The van der Waals surface area contributed by atoms with Gasteiger partial charge >= 0.3 is 0 Å². The molecule has 0 aromatic carbocycles. The van der Waals surface area contributed by atoms with Crippen LogP contribution in [0.3, 0.4) is 0 Å². The average molecular weight is 90.1 g/mol. The summed E-state index contributed by atoms with van der Waals surface area (Å²) in [5.41, 5.74) is 0. The van der Waals surface area contributed by atoms with Gasteiger partial charge in [-0.05, 0) is 0 Å². The van der Waals surface area contributed by atoms with Gasteiger partial charge < -0.3 is 9.47 Å². The zero-order chi connectivity index (χ0) is 5.98. The van der Waals surface area contributed by atoms with Crippen LogP contribution in [-0.4, -0.2) is 26.4 Å². The largest absolute Gasteiger partial charge is 0.377 e. The molecular formula is C4H8O2. The van der Waals surface area contributed by atoms with E-state index < -0.39 is 13.2 Å². The van der Waals surface area contributed by atoms with E-state index >= 15 is 0 Å². The highest BCUT2D eigenvalue weighted by molar-refractivity contribution is 4.37. The van der Waals surface area contributed by atoms with Crippen molar-refractivity contribution < 1.29 is 12.2 Å². The van der Waals surface area contributed by atoms with E-state index in [1.807, 2.05) is 0 Å². The molecule has 2 unspecified atom stereocenters. The predicted octanol–water partition coefficient (Wildman–Crippen LogP) is 0.0332. The van der Waals surface area contributed by atoms with E-state index in [-0.39, 0.29) is 0 Å². The first-order valence-electron chi connectivity index (χ1n) is 3.04. The molecule has 1 aliphatic rings. The van der Waals surface area contributed by atoms with Crippen LogP contribution in [0.15, 0.2) is 0 Å². The van der Waals surface area contributed by atoms with E-state index in [1.165, 1.54) is 0 Å². The van der Waals surface area contributed by atoms with Gasteiger partial charge in [0.1, 0.15) is 0 Å². The number of hydrogen-bond donors (Lipinski definition) is 0. The van der Waals surface area contributed by atoms with Crippen LogP contribution < -0.4 is 0 Å². The lowest BCUT2D eigenvalue weighted by Crippen LogP contribution is -2.16. The molecule has 0 aliphatic carbocycles. The van der Waals surface area contributed by atoms with Crippen molar-refractivity contribution in [2.45, 2.75) is 0 Å². The Balaban J connectivity index is 2.28. The van der Waals surface area contributed by atoms with Crippen LogP contribution in [0, 0.1) is 0 Å². The highest BCUT2D eigenvalue weighted by Crippen LogP contribution is 1.85. The molecule has 0 N–H and O–H groups in total. The molecule has 0 amide bonds. The Morgan fingerprint density at radius 3 is 2.00 bits per heavy atom. The van der Waals surface area contributed by atoms with Crippen LogP contribution in [0.25, 0.3) is 0 Å². The number of rotatable bonds is 0. The molecule has 0 bridgehead atoms. The fourth-order valence-electron chi connectivity index (χ4n) is 0.311. The lowest BCUT2D eigenvalue weighted by molar-refractivity contribution is -0.0334. The maximum Gasteiger partial charge on any atom is 0.0701 e. The Bertz CT molecular complexity index is 68.4. The van der Waals surface area contributed by atoms with Crippen LogP contribution in [0.2, 0.25) is 0 Å². The van der Waals surface area contributed by atoms with Crippen LogP contribution in [0.5, 0.6) is 0 Å². The van der Waals surface area contributed by atoms with Gasteiger partial charge in [0.05, 0.1) is 29.1 Å². The summed E-state index contributed by atoms with van der Waals surface area (Å²) in [6.07, 6.45) is 0. The van der Waals surface area contributed by atoms with Crippen LogP contribution in [-0.2, 0) is 9.47 Å². The fraction of sp³-hybridized carbons (Fsp3) is 1.00. The molecule has 0 radical (unpaired) electrons. The second kappa shape index (κ2) is 2.16. The van der Waals surface area contributed by atoms with Crippen molar-refractivity contribution in [2.75, 3.05) is 26.4 Å². The Labute approximate surface area is 39.9 Å². The first-order chi connectivity index (χ1) is 3.80. The first-order valence-corrected chi connectivity index (χ1v) is 1.88. The minimum Gasteiger partial charge on any atom is -0.377 e. The molecule has 0 aromatic rings. The molecule has 6 heavy (non-hydrogen) atoms. The highest BCUT2D eigenvalue weighted by Gasteiger charge is 1.94. The van der Waals surface area contributed by atoms with Gasteiger partial charge in [0, 0.05) is 0 Å². The lowest BCUT2D eigenvalue weighted by Gasteiger charge is -2.09. The quantitative estimate of drug-likeness (QED) is 0.418. The molecule has 2 heteroatoms. The molecular weight excluding hydrogens is 80.0 g/mol. The van der Waals surface area contributed by atoms with Crippen molar-refractivity contribution in [3.8, 4) is 0 Å². The minimum absolute atomic E-state index is 0.448. The Morgan fingerprint density at radius 2 is 1.67 bits per heavy atom. The summed E-state index contributed by atoms with van der Waals surface area (Å²) >= 11 is 0. The Morgan fingerprint density at radius 1 is 1.17 bits per heavy atom. The maximum absolute atomic E-state index is 6.94. The van der Waals surface area contributed by atoms with E-state index in [2.05, 4.69) is 0 Å². The van der Waals surface area contributed by atoms with Crippen molar-refractivity contribution in [3.63, 3.8) is 0 Å². The van der Waals surface area contributed by atoms with Crippen LogP contribution >= 0.6 is 0 Å². The van der Waals surface area contributed by atoms with Gasteiger partial charge in [-0.2, -0.15) is 0 Å². The summed E-state index contributed by atoms with van der Waals surface area (Å²) in [4.78, 5) is 0. The van der Waals surface area contributed by atoms with E-state index in [0.717, 1.165) is 0 Å². The molecule has 1 heterocycles. The Kier molecular flexibility index (Phi) is 0.821. The van der Waals surface area contributed by atoms with Crippen molar-refractivity contribution in [2.24, 2.45) is 0 Å². The second-order valence-electron chi connectivity index (χ2n) is 1.01. The van der Waals surface area contributed by atoms with Crippen molar-refractivity contribution in [1.82, 2.24) is 0 Å². The van der Waals surface area contributed by atoms with Crippen molar-refractivity contribution in [1.29, 1.82) is 0 Å². The highest BCUT2D eigenvalue weighted by atomic mass is 16.6. The lowest BCUT2D eigenvalue weighted by atomic mass is 10.6. The number of hydrogen-bond acceptors (Lipinski definition) is 2. The monoisotopic (exact) mass is 90.1 g/mol. The summed E-state index contributed by atoms with van der Waals surface area (Å²) in [6, 6.07) is 0.